The van der Waals surface area contributed by atoms with E-state index < -0.39 is 23.4 Å². The van der Waals surface area contributed by atoms with Crippen molar-refractivity contribution in [3.8, 4) is 5.75 Å². The molecule has 0 aromatic heterocycles. The van der Waals surface area contributed by atoms with E-state index in [9.17, 15) is 22.0 Å². The number of rotatable bonds is 4. The molecule has 0 heterocycles. The fraction of sp³-hybridized carbons (Fsp3) is 0.188. The maximum absolute atomic E-state index is 13.2. The quantitative estimate of drug-likeness (QED) is 0.721. The van der Waals surface area contributed by atoms with Gasteiger partial charge >= 0.3 is 6.18 Å². The average Bonchev–Trinajstić information content (AvgIpc) is 2.44. The van der Waals surface area contributed by atoms with Crippen LogP contribution in [0.25, 0.3) is 0 Å². The van der Waals surface area contributed by atoms with Crippen molar-refractivity contribution in [2.24, 2.45) is 0 Å². The van der Waals surface area contributed by atoms with Crippen LogP contribution in [0, 0.1) is 17.6 Å². The molecule has 0 N–H and O–H groups in total. The van der Waals surface area contributed by atoms with E-state index in [4.69, 9.17) is 4.74 Å². The topological polar surface area (TPSA) is 9.23 Å². The fourth-order valence-corrected chi connectivity index (χ4v) is 1.82. The predicted molar refractivity (Wildman–Crippen MR) is 71.3 cm³/mol. The third-order valence-electron chi connectivity index (χ3n) is 2.99. The Hall–Kier alpha value is -2.11. The summed E-state index contributed by atoms with van der Waals surface area (Å²) in [5.41, 5.74) is -0.421. The van der Waals surface area contributed by atoms with Crippen molar-refractivity contribution in [2.75, 3.05) is 6.61 Å². The number of benzene rings is 2. The van der Waals surface area contributed by atoms with Crippen molar-refractivity contribution >= 4 is 0 Å². The largest absolute Gasteiger partial charge is 0.493 e. The Labute approximate surface area is 124 Å². The molecule has 0 unspecified atom stereocenters. The normalized spacial score (nSPS) is 11.8. The van der Waals surface area contributed by atoms with Crippen LogP contribution in [0.5, 0.6) is 5.75 Å². The lowest BCUT2D eigenvalue weighted by atomic mass is 10.0. The molecule has 2 rings (SSSR count). The molecule has 0 fully saturated rings. The number of halogens is 5. The first-order valence-corrected chi connectivity index (χ1v) is 6.34. The lowest BCUT2D eigenvalue weighted by molar-refractivity contribution is -0.137. The predicted octanol–water partition coefficient (Wildman–Crippen LogP) is 5.01. The minimum atomic E-state index is -4.64. The molecule has 0 atom stereocenters. The maximum Gasteiger partial charge on any atom is 0.416 e. The van der Waals surface area contributed by atoms with Gasteiger partial charge in [0.2, 0.25) is 0 Å². The first kappa shape index (κ1) is 16.3. The van der Waals surface area contributed by atoms with Crippen LogP contribution in [-0.4, -0.2) is 6.61 Å². The van der Waals surface area contributed by atoms with E-state index in [1.165, 1.54) is 24.3 Å². The van der Waals surface area contributed by atoms with Crippen LogP contribution in [0.4, 0.5) is 22.0 Å². The van der Waals surface area contributed by atoms with Crippen LogP contribution in [-0.2, 0) is 6.18 Å². The average molecular weight is 315 g/mol. The van der Waals surface area contributed by atoms with Gasteiger partial charge in [0.1, 0.15) is 17.4 Å². The molecule has 1 nitrogen and oxygen atoms in total. The van der Waals surface area contributed by atoms with Gasteiger partial charge in [-0.2, -0.15) is 13.2 Å². The monoisotopic (exact) mass is 315 g/mol. The van der Waals surface area contributed by atoms with Gasteiger partial charge in [0.15, 0.2) is 0 Å². The van der Waals surface area contributed by atoms with Gasteiger partial charge in [-0.3, -0.25) is 0 Å². The van der Waals surface area contributed by atoms with E-state index in [2.05, 4.69) is 0 Å². The van der Waals surface area contributed by atoms with Crippen LogP contribution < -0.4 is 4.74 Å². The van der Waals surface area contributed by atoms with Crippen molar-refractivity contribution in [1.82, 2.24) is 0 Å². The third-order valence-corrected chi connectivity index (χ3v) is 2.99. The van der Waals surface area contributed by atoms with Crippen molar-refractivity contribution in [2.45, 2.75) is 13.1 Å². The van der Waals surface area contributed by atoms with E-state index in [0.29, 0.717) is 17.5 Å². The molecule has 0 saturated heterocycles. The molecular formula is C16H12F5O. The number of ether oxygens (including phenoxy) is 1. The Balaban J connectivity index is 2.08. The second-order valence-corrected chi connectivity index (χ2v) is 4.75. The SMILES string of the molecule is C[C](COc1cc(F)cc(C(F)(F)F)c1)c1ccc(F)cc1. The molecule has 0 aliphatic carbocycles. The highest BCUT2D eigenvalue weighted by Gasteiger charge is 2.31. The van der Waals surface area contributed by atoms with Crippen LogP contribution >= 0.6 is 0 Å². The number of hydrogen-bond donors (Lipinski definition) is 0. The Kier molecular flexibility index (Phi) is 4.68. The van der Waals surface area contributed by atoms with Crippen LogP contribution in [0.2, 0.25) is 0 Å². The molecule has 117 valence electrons. The molecule has 0 amide bonds. The second-order valence-electron chi connectivity index (χ2n) is 4.75. The Bertz CT molecular complexity index is 634. The lowest BCUT2D eigenvalue weighted by Gasteiger charge is -2.14. The van der Waals surface area contributed by atoms with E-state index in [1.54, 1.807) is 6.92 Å². The zero-order valence-corrected chi connectivity index (χ0v) is 11.5. The van der Waals surface area contributed by atoms with Crippen molar-refractivity contribution in [3.63, 3.8) is 0 Å². The Morgan fingerprint density at radius 2 is 1.59 bits per heavy atom. The number of alkyl halides is 3. The van der Waals surface area contributed by atoms with Crippen LogP contribution in [0.1, 0.15) is 18.1 Å². The zero-order chi connectivity index (χ0) is 16.3. The van der Waals surface area contributed by atoms with Crippen molar-refractivity contribution in [3.05, 3.63) is 71.1 Å². The van der Waals surface area contributed by atoms with E-state index in [-0.39, 0.29) is 12.4 Å². The third kappa shape index (κ3) is 4.19. The summed E-state index contributed by atoms with van der Waals surface area (Å²) in [5.74, 6) is -0.951. The minimum Gasteiger partial charge on any atom is -0.493 e. The summed E-state index contributed by atoms with van der Waals surface area (Å²) in [6, 6.07) is 7.62. The van der Waals surface area contributed by atoms with Gasteiger partial charge in [0, 0.05) is 12.0 Å². The van der Waals surface area contributed by atoms with Gasteiger partial charge in [-0.15, -0.1) is 0 Å². The van der Waals surface area contributed by atoms with E-state index >= 15 is 0 Å². The summed E-state index contributed by atoms with van der Waals surface area (Å²) >= 11 is 0. The first-order valence-electron chi connectivity index (χ1n) is 6.34. The van der Waals surface area contributed by atoms with Crippen LogP contribution in [0.3, 0.4) is 0 Å². The molecule has 0 saturated carbocycles. The smallest absolute Gasteiger partial charge is 0.416 e. The highest BCUT2D eigenvalue weighted by molar-refractivity contribution is 5.33. The molecule has 1 radical (unpaired) electrons. The summed E-state index contributed by atoms with van der Waals surface area (Å²) < 4.78 is 69.0. The zero-order valence-electron chi connectivity index (χ0n) is 11.5. The Morgan fingerprint density at radius 3 is 2.18 bits per heavy atom. The van der Waals surface area contributed by atoms with Gasteiger partial charge in [-0.25, -0.2) is 8.78 Å². The highest BCUT2D eigenvalue weighted by atomic mass is 19.4. The van der Waals surface area contributed by atoms with Gasteiger partial charge < -0.3 is 4.74 Å². The second kappa shape index (κ2) is 6.34. The van der Waals surface area contributed by atoms with Gasteiger partial charge in [0.25, 0.3) is 0 Å². The van der Waals surface area contributed by atoms with Gasteiger partial charge in [0.05, 0.1) is 12.2 Å². The molecule has 6 heteroatoms. The molecule has 0 bridgehead atoms. The van der Waals surface area contributed by atoms with Gasteiger partial charge in [-0.05, 0) is 29.8 Å². The summed E-state index contributed by atoms with van der Waals surface area (Å²) in [4.78, 5) is 0. The van der Waals surface area contributed by atoms with Gasteiger partial charge in [-0.1, -0.05) is 19.1 Å². The molecule has 22 heavy (non-hydrogen) atoms. The molecule has 2 aromatic rings. The van der Waals surface area contributed by atoms with Crippen molar-refractivity contribution < 1.29 is 26.7 Å². The summed E-state index contributed by atoms with van der Waals surface area (Å²) in [6.07, 6.45) is -4.64. The standard InChI is InChI=1S/C16H12F5O/c1-10(11-2-4-13(17)5-3-11)9-22-15-7-12(16(19,20)21)6-14(18)8-15/h2-8H,9H2,1H3. The molecule has 0 spiro atoms. The lowest BCUT2D eigenvalue weighted by Crippen LogP contribution is -2.10. The maximum atomic E-state index is 13.2. The summed E-state index contributed by atoms with van der Waals surface area (Å²) in [7, 11) is 0. The van der Waals surface area contributed by atoms with E-state index in [0.717, 1.165) is 12.1 Å². The fourth-order valence-electron chi connectivity index (χ4n) is 1.82. The highest BCUT2D eigenvalue weighted by Crippen LogP contribution is 2.32. The summed E-state index contributed by atoms with van der Waals surface area (Å²) in [6.45, 7) is 1.66. The molecule has 2 aromatic carbocycles. The molecular weight excluding hydrogens is 303 g/mol. The van der Waals surface area contributed by atoms with E-state index in [1.807, 2.05) is 0 Å². The Morgan fingerprint density at radius 1 is 0.955 bits per heavy atom. The molecule has 0 aliphatic rings. The first-order chi connectivity index (χ1) is 10.3. The van der Waals surface area contributed by atoms with Crippen molar-refractivity contribution in [1.29, 1.82) is 0 Å². The molecule has 0 aliphatic heterocycles. The summed E-state index contributed by atoms with van der Waals surface area (Å²) in [5, 5.41) is 0. The number of hydrogen-bond acceptors (Lipinski definition) is 1. The van der Waals surface area contributed by atoms with Crippen LogP contribution in [0.15, 0.2) is 42.5 Å². The minimum absolute atomic E-state index is 0.0353.